The van der Waals surface area contributed by atoms with Crippen molar-refractivity contribution in [1.29, 1.82) is 0 Å². The molecular weight excluding hydrogens is 211 g/mol. The molecule has 0 amide bonds. The van der Waals surface area contributed by atoms with E-state index >= 15 is 0 Å². The maximum atomic E-state index is 13.2. The van der Waals surface area contributed by atoms with Gasteiger partial charge in [-0.2, -0.15) is 0 Å². The molecule has 0 radical (unpaired) electrons. The summed E-state index contributed by atoms with van der Waals surface area (Å²) in [7, 11) is 2.64. The van der Waals surface area contributed by atoms with Crippen LogP contribution in [0.1, 0.15) is 10.4 Å². The number of halogens is 3. The Morgan fingerprint density at radius 2 is 1.80 bits per heavy atom. The largest absolute Gasteiger partial charge is 0.478 e. The molecule has 0 saturated heterocycles. The van der Waals surface area contributed by atoms with E-state index in [0.29, 0.717) is 6.07 Å². The van der Waals surface area contributed by atoms with Crippen LogP contribution < -0.4 is 4.90 Å². The lowest BCUT2D eigenvalue weighted by Crippen LogP contribution is -2.16. The van der Waals surface area contributed by atoms with Gasteiger partial charge in [0.2, 0.25) is 0 Å². The number of aromatic carboxylic acids is 1. The van der Waals surface area contributed by atoms with Crippen molar-refractivity contribution in [3.8, 4) is 0 Å². The summed E-state index contributed by atoms with van der Waals surface area (Å²) in [6.45, 7) is 0. The minimum atomic E-state index is -1.71. The van der Waals surface area contributed by atoms with Crippen LogP contribution in [0.15, 0.2) is 6.07 Å². The summed E-state index contributed by atoms with van der Waals surface area (Å²) in [6, 6.07) is 0.454. The van der Waals surface area contributed by atoms with Crippen LogP contribution in [0, 0.1) is 17.5 Å². The maximum absolute atomic E-state index is 13.2. The highest BCUT2D eigenvalue weighted by atomic mass is 19.2. The molecule has 3 nitrogen and oxygen atoms in total. The van der Waals surface area contributed by atoms with E-state index in [-0.39, 0.29) is 0 Å². The van der Waals surface area contributed by atoms with E-state index in [0.717, 1.165) is 4.90 Å². The van der Waals surface area contributed by atoms with Crippen LogP contribution in [0.5, 0.6) is 0 Å². The summed E-state index contributed by atoms with van der Waals surface area (Å²) < 4.78 is 39.5. The molecule has 0 fully saturated rings. The fraction of sp³-hybridized carbons (Fsp3) is 0.222. The Bertz CT molecular complexity index is 418. The molecule has 0 spiro atoms. The molecule has 1 rings (SSSR count). The van der Waals surface area contributed by atoms with Gasteiger partial charge in [-0.1, -0.05) is 0 Å². The molecule has 0 heterocycles. The molecular formula is C9H8F3NO2. The number of hydrogen-bond donors (Lipinski definition) is 1. The second-order valence-electron chi connectivity index (χ2n) is 3.08. The molecule has 1 aromatic rings. The predicted octanol–water partition coefficient (Wildman–Crippen LogP) is 1.87. The number of benzene rings is 1. The first-order chi connectivity index (χ1) is 6.86. The molecule has 0 aromatic heterocycles. The quantitative estimate of drug-likeness (QED) is 0.772. The number of rotatable bonds is 2. The Hall–Kier alpha value is -1.72. The highest BCUT2D eigenvalue weighted by Gasteiger charge is 2.23. The third-order valence-electron chi connectivity index (χ3n) is 1.81. The predicted molar refractivity (Wildman–Crippen MR) is 47.6 cm³/mol. The normalized spacial score (nSPS) is 10.2. The zero-order chi connectivity index (χ0) is 11.7. The Kier molecular flexibility index (Phi) is 2.88. The summed E-state index contributed by atoms with van der Waals surface area (Å²) in [5.74, 6) is -5.89. The number of anilines is 1. The van der Waals surface area contributed by atoms with E-state index in [2.05, 4.69) is 0 Å². The maximum Gasteiger partial charge on any atom is 0.338 e. The number of hydrogen-bond acceptors (Lipinski definition) is 2. The average Bonchev–Trinajstić information content (AvgIpc) is 2.10. The SMILES string of the molecule is CN(C)c1c(F)cc(C(=O)O)c(F)c1F. The van der Waals surface area contributed by atoms with Crippen LogP contribution in [0.3, 0.4) is 0 Å². The Labute approximate surface area is 83.7 Å². The van der Waals surface area contributed by atoms with Crippen LogP contribution in [0.4, 0.5) is 18.9 Å². The lowest BCUT2D eigenvalue weighted by molar-refractivity contribution is 0.0690. The standard InChI is InChI=1S/C9H8F3NO2/c1-13(2)8-5(10)3-4(9(14)15)6(11)7(8)12/h3H,1-2H3,(H,14,15). The Balaban J connectivity index is 3.51. The van der Waals surface area contributed by atoms with Crippen LogP contribution in [-0.2, 0) is 0 Å². The number of carboxylic acids is 1. The van der Waals surface area contributed by atoms with Crippen molar-refractivity contribution in [2.24, 2.45) is 0 Å². The molecule has 0 atom stereocenters. The van der Waals surface area contributed by atoms with Gasteiger partial charge in [-0.05, 0) is 6.07 Å². The van der Waals surface area contributed by atoms with Gasteiger partial charge in [0.05, 0.1) is 0 Å². The molecule has 0 aliphatic carbocycles. The fourth-order valence-electron chi connectivity index (χ4n) is 1.15. The number of carboxylic acid groups (broad SMARTS) is 1. The molecule has 82 valence electrons. The zero-order valence-electron chi connectivity index (χ0n) is 8.01. The van der Waals surface area contributed by atoms with E-state index in [1.54, 1.807) is 0 Å². The number of carbonyl (C=O) groups is 1. The molecule has 0 aliphatic heterocycles. The van der Waals surface area contributed by atoms with E-state index in [1.165, 1.54) is 14.1 Å². The zero-order valence-corrected chi connectivity index (χ0v) is 8.01. The fourth-order valence-corrected chi connectivity index (χ4v) is 1.15. The van der Waals surface area contributed by atoms with E-state index in [4.69, 9.17) is 5.11 Å². The second-order valence-corrected chi connectivity index (χ2v) is 3.08. The Morgan fingerprint density at radius 3 is 2.20 bits per heavy atom. The first-order valence-electron chi connectivity index (χ1n) is 3.94. The van der Waals surface area contributed by atoms with Gasteiger partial charge in [0.25, 0.3) is 0 Å². The topological polar surface area (TPSA) is 40.5 Å². The van der Waals surface area contributed by atoms with Gasteiger partial charge < -0.3 is 10.0 Å². The van der Waals surface area contributed by atoms with E-state index < -0.39 is 34.7 Å². The van der Waals surface area contributed by atoms with E-state index in [9.17, 15) is 18.0 Å². The third kappa shape index (κ3) is 1.88. The number of nitrogens with zero attached hydrogens (tertiary/aromatic N) is 1. The van der Waals surface area contributed by atoms with Gasteiger partial charge in [-0.25, -0.2) is 18.0 Å². The van der Waals surface area contributed by atoms with Crippen molar-refractivity contribution in [2.75, 3.05) is 19.0 Å². The molecule has 15 heavy (non-hydrogen) atoms. The second kappa shape index (κ2) is 3.80. The molecule has 0 bridgehead atoms. The summed E-state index contributed by atoms with van der Waals surface area (Å²) in [5.41, 5.74) is -1.62. The average molecular weight is 219 g/mol. The van der Waals surface area contributed by atoms with Crippen LogP contribution in [0.25, 0.3) is 0 Å². The molecule has 1 N–H and O–H groups in total. The highest BCUT2D eigenvalue weighted by Crippen LogP contribution is 2.26. The van der Waals surface area contributed by atoms with Crippen molar-refractivity contribution < 1.29 is 23.1 Å². The van der Waals surface area contributed by atoms with Gasteiger partial charge in [0.1, 0.15) is 11.3 Å². The van der Waals surface area contributed by atoms with Crippen LogP contribution in [0.2, 0.25) is 0 Å². The lowest BCUT2D eigenvalue weighted by Gasteiger charge is -2.15. The van der Waals surface area contributed by atoms with Crippen molar-refractivity contribution in [3.63, 3.8) is 0 Å². The van der Waals surface area contributed by atoms with E-state index in [1.807, 2.05) is 0 Å². The van der Waals surface area contributed by atoms with Crippen molar-refractivity contribution in [1.82, 2.24) is 0 Å². The molecule has 6 heteroatoms. The summed E-state index contributed by atoms with van der Waals surface area (Å²) in [4.78, 5) is 11.4. The van der Waals surface area contributed by atoms with Gasteiger partial charge >= 0.3 is 5.97 Å². The van der Waals surface area contributed by atoms with Gasteiger partial charge in [-0.15, -0.1) is 0 Å². The van der Waals surface area contributed by atoms with Crippen molar-refractivity contribution in [2.45, 2.75) is 0 Å². The minimum absolute atomic E-state index is 0.454. The van der Waals surface area contributed by atoms with Crippen molar-refractivity contribution >= 4 is 11.7 Å². The summed E-state index contributed by atoms with van der Waals surface area (Å²) in [6.07, 6.45) is 0. The van der Waals surface area contributed by atoms with Crippen LogP contribution >= 0.6 is 0 Å². The minimum Gasteiger partial charge on any atom is -0.478 e. The smallest absolute Gasteiger partial charge is 0.338 e. The van der Waals surface area contributed by atoms with Gasteiger partial charge in [0, 0.05) is 14.1 Å². The Morgan fingerprint density at radius 1 is 1.27 bits per heavy atom. The van der Waals surface area contributed by atoms with Gasteiger partial charge in [0.15, 0.2) is 17.5 Å². The first-order valence-corrected chi connectivity index (χ1v) is 3.94. The molecule has 0 unspecified atom stereocenters. The molecule has 0 aliphatic rings. The van der Waals surface area contributed by atoms with Gasteiger partial charge in [-0.3, -0.25) is 0 Å². The third-order valence-corrected chi connectivity index (χ3v) is 1.81. The molecule has 1 aromatic carbocycles. The van der Waals surface area contributed by atoms with Crippen molar-refractivity contribution in [3.05, 3.63) is 29.1 Å². The summed E-state index contributed by atoms with van der Waals surface area (Å²) in [5, 5.41) is 8.46. The molecule has 0 saturated carbocycles. The monoisotopic (exact) mass is 219 g/mol. The first kappa shape index (κ1) is 11.4. The highest BCUT2D eigenvalue weighted by molar-refractivity contribution is 5.88. The lowest BCUT2D eigenvalue weighted by atomic mass is 10.1. The summed E-state index contributed by atoms with van der Waals surface area (Å²) >= 11 is 0. The van der Waals surface area contributed by atoms with Crippen LogP contribution in [-0.4, -0.2) is 25.2 Å².